The van der Waals surface area contributed by atoms with E-state index in [0.717, 1.165) is 18.9 Å². The van der Waals surface area contributed by atoms with Gasteiger partial charge in [-0.05, 0) is 43.7 Å². The standard InChI is InChI=1S/C24H24F3N3O2/c1-16-11-13-23(14-12-16)29-21(17-7-3-2-4-8-17)22(32)30(23)15-20(31)28-19-10-6-5-9-18(19)24(25,26)27/h2-10,16H,11-15H2,1H3,(H,28,31). The zero-order valence-electron chi connectivity index (χ0n) is 17.7. The topological polar surface area (TPSA) is 61.8 Å². The van der Waals surface area contributed by atoms with Crippen LogP contribution in [0, 0.1) is 5.92 Å². The molecule has 1 fully saturated rings. The van der Waals surface area contributed by atoms with Crippen LogP contribution in [0.15, 0.2) is 59.6 Å². The Balaban J connectivity index is 1.60. The van der Waals surface area contributed by atoms with E-state index in [4.69, 9.17) is 4.99 Å². The first kappa shape index (κ1) is 22.0. The van der Waals surface area contributed by atoms with Gasteiger partial charge in [0.2, 0.25) is 5.91 Å². The molecule has 1 heterocycles. The van der Waals surface area contributed by atoms with Crippen molar-refractivity contribution in [2.24, 2.45) is 10.9 Å². The maximum atomic E-state index is 13.3. The number of hydrogen-bond acceptors (Lipinski definition) is 3. The third-order valence-corrected chi connectivity index (χ3v) is 6.20. The van der Waals surface area contributed by atoms with E-state index < -0.39 is 23.3 Å². The highest BCUT2D eigenvalue weighted by Gasteiger charge is 2.49. The SMILES string of the molecule is CC1CCC2(CC1)N=C(c1ccccc1)C(=O)N2CC(=O)Nc1ccccc1C(F)(F)F. The Morgan fingerprint density at radius 2 is 1.72 bits per heavy atom. The maximum absolute atomic E-state index is 13.3. The van der Waals surface area contributed by atoms with Gasteiger partial charge < -0.3 is 10.2 Å². The van der Waals surface area contributed by atoms with Crippen molar-refractivity contribution in [2.45, 2.75) is 44.4 Å². The predicted octanol–water partition coefficient (Wildman–Crippen LogP) is 4.88. The van der Waals surface area contributed by atoms with Crippen molar-refractivity contribution in [1.29, 1.82) is 0 Å². The monoisotopic (exact) mass is 443 g/mol. The van der Waals surface area contributed by atoms with Gasteiger partial charge in [0.1, 0.15) is 17.9 Å². The van der Waals surface area contributed by atoms with E-state index in [9.17, 15) is 22.8 Å². The molecule has 0 aromatic heterocycles. The Hall–Kier alpha value is -3.16. The molecule has 2 amide bonds. The quantitative estimate of drug-likeness (QED) is 0.732. The smallest absolute Gasteiger partial charge is 0.324 e. The lowest BCUT2D eigenvalue weighted by Gasteiger charge is -2.40. The molecule has 8 heteroatoms. The zero-order valence-corrected chi connectivity index (χ0v) is 17.7. The van der Waals surface area contributed by atoms with E-state index in [0.29, 0.717) is 30.0 Å². The van der Waals surface area contributed by atoms with Crippen molar-refractivity contribution in [3.05, 3.63) is 65.7 Å². The number of rotatable bonds is 4. The highest BCUT2D eigenvalue weighted by atomic mass is 19.4. The van der Waals surface area contributed by atoms with E-state index in [1.807, 2.05) is 18.2 Å². The molecule has 0 saturated heterocycles. The third-order valence-electron chi connectivity index (χ3n) is 6.20. The van der Waals surface area contributed by atoms with Gasteiger partial charge in [-0.3, -0.25) is 14.6 Å². The molecule has 0 unspecified atom stereocenters. The lowest BCUT2D eigenvalue weighted by molar-refractivity contribution is -0.137. The number of carbonyl (C=O) groups is 2. The first-order valence-electron chi connectivity index (χ1n) is 10.6. The molecule has 0 bridgehead atoms. The van der Waals surface area contributed by atoms with Gasteiger partial charge in [-0.1, -0.05) is 49.4 Å². The highest BCUT2D eigenvalue weighted by molar-refractivity contribution is 6.47. The lowest BCUT2D eigenvalue weighted by atomic mass is 9.82. The number of halogens is 3. The Morgan fingerprint density at radius 1 is 1.09 bits per heavy atom. The number of nitrogens with one attached hydrogen (secondary N) is 1. The van der Waals surface area contributed by atoms with Crippen LogP contribution in [0.1, 0.15) is 43.7 Å². The van der Waals surface area contributed by atoms with Gasteiger partial charge in [-0.15, -0.1) is 0 Å². The van der Waals surface area contributed by atoms with Gasteiger partial charge in [-0.25, -0.2) is 0 Å². The summed E-state index contributed by atoms with van der Waals surface area (Å²) >= 11 is 0. The van der Waals surface area contributed by atoms with Crippen LogP contribution in [-0.2, 0) is 15.8 Å². The average molecular weight is 443 g/mol. The Kier molecular flexibility index (Phi) is 5.79. The van der Waals surface area contributed by atoms with Crippen molar-refractivity contribution in [1.82, 2.24) is 4.90 Å². The van der Waals surface area contributed by atoms with Crippen molar-refractivity contribution in [3.63, 3.8) is 0 Å². The largest absolute Gasteiger partial charge is 0.418 e. The zero-order chi connectivity index (χ0) is 22.9. The van der Waals surface area contributed by atoms with Gasteiger partial charge >= 0.3 is 6.18 Å². The summed E-state index contributed by atoms with van der Waals surface area (Å²) in [6, 6.07) is 13.8. The summed E-state index contributed by atoms with van der Waals surface area (Å²) in [6.07, 6.45) is -1.66. The van der Waals surface area contributed by atoms with E-state index in [-0.39, 0.29) is 18.1 Å². The minimum absolute atomic E-state index is 0.295. The molecule has 0 atom stereocenters. The lowest BCUT2D eigenvalue weighted by Crippen LogP contribution is -2.51. The molecule has 168 valence electrons. The molecule has 2 aromatic carbocycles. The average Bonchev–Trinajstić information content (AvgIpc) is 3.02. The van der Waals surface area contributed by atoms with Gasteiger partial charge in [0.05, 0.1) is 11.3 Å². The number of nitrogens with zero attached hydrogens (tertiary/aromatic N) is 2. The van der Waals surface area contributed by atoms with Crippen molar-refractivity contribution in [2.75, 3.05) is 11.9 Å². The molecule has 1 saturated carbocycles. The van der Waals surface area contributed by atoms with Gasteiger partial charge in [0.15, 0.2) is 0 Å². The molecule has 1 aliphatic heterocycles. The molecule has 2 aromatic rings. The van der Waals surface area contributed by atoms with E-state index in [1.165, 1.54) is 23.1 Å². The number of carbonyl (C=O) groups excluding carboxylic acids is 2. The van der Waals surface area contributed by atoms with E-state index in [1.54, 1.807) is 12.1 Å². The van der Waals surface area contributed by atoms with Crippen LogP contribution in [-0.4, -0.2) is 34.6 Å². The summed E-state index contributed by atoms with van der Waals surface area (Å²) in [4.78, 5) is 32.3. The molecule has 0 radical (unpaired) electrons. The second kappa shape index (κ2) is 8.41. The van der Waals surface area contributed by atoms with Crippen molar-refractivity contribution >= 4 is 23.2 Å². The molecule has 5 nitrogen and oxygen atoms in total. The van der Waals surface area contributed by atoms with Crippen LogP contribution in [0.2, 0.25) is 0 Å². The first-order valence-corrected chi connectivity index (χ1v) is 10.6. The predicted molar refractivity (Wildman–Crippen MR) is 115 cm³/mol. The van der Waals surface area contributed by atoms with Crippen LogP contribution in [0.5, 0.6) is 0 Å². The fraction of sp³-hybridized carbons (Fsp3) is 0.375. The molecule has 1 aliphatic carbocycles. The Bertz CT molecular complexity index is 1040. The number of alkyl halides is 3. The van der Waals surface area contributed by atoms with Crippen LogP contribution in [0.25, 0.3) is 0 Å². The van der Waals surface area contributed by atoms with Crippen LogP contribution in [0.4, 0.5) is 18.9 Å². The molecule has 1 N–H and O–H groups in total. The van der Waals surface area contributed by atoms with E-state index in [2.05, 4.69) is 12.2 Å². The summed E-state index contributed by atoms with van der Waals surface area (Å²) in [7, 11) is 0. The molecule has 2 aliphatic rings. The first-order chi connectivity index (χ1) is 15.2. The number of benzene rings is 2. The molecule has 1 spiro atoms. The summed E-state index contributed by atoms with van der Waals surface area (Å²) in [5.41, 5.74) is -1.13. The molecular formula is C24H24F3N3O2. The molecule has 32 heavy (non-hydrogen) atoms. The molecular weight excluding hydrogens is 419 g/mol. The second-order valence-electron chi connectivity index (χ2n) is 8.47. The van der Waals surface area contributed by atoms with Gasteiger partial charge in [0.25, 0.3) is 5.91 Å². The number of hydrogen-bond donors (Lipinski definition) is 1. The minimum atomic E-state index is -4.60. The van der Waals surface area contributed by atoms with Crippen molar-refractivity contribution < 1.29 is 22.8 Å². The van der Waals surface area contributed by atoms with Crippen LogP contribution in [0.3, 0.4) is 0 Å². The highest BCUT2D eigenvalue weighted by Crippen LogP contribution is 2.41. The summed E-state index contributed by atoms with van der Waals surface area (Å²) < 4.78 is 39.9. The van der Waals surface area contributed by atoms with Crippen molar-refractivity contribution in [3.8, 4) is 0 Å². The number of amides is 2. The summed E-state index contributed by atoms with van der Waals surface area (Å²) in [5.74, 6) is -0.566. The van der Waals surface area contributed by atoms with Crippen LogP contribution >= 0.6 is 0 Å². The summed E-state index contributed by atoms with van der Waals surface area (Å²) in [5, 5.41) is 2.35. The second-order valence-corrected chi connectivity index (χ2v) is 8.47. The van der Waals surface area contributed by atoms with Crippen LogP contribution < -0.4 is 5.32 Å². The normalized spacial score (nSPS) is 23.4. The Morgan fingerprint density at radius 3 is 2.38 bits per heavy atom. The fourth-order valence-corrected chi connectivity index (χ4v) is 4.41. The maximum Gasteiger partial charge on any atom is 0.418 e. The number of para-hydroxylation sites is 1. The van der Waals surface area contributed by atoms with Gasteiger partial charge in [-0.2, -0.15) is 13.2 Å². The Labute approximate surface area is 184 Å². The van der Waals surface area contributed by atoms with E-state index >= 15 is 0 Å². The molecule has 4 rings (SSSR count). The summed E-state index contributed by atoms with van der Waals surface area (Å²) in [6.45, 7) is 1.77. The fourth-order valence-electron chi connectivity index (χ4n) is 4.41. The third kappa shape index (κ3) is 4.26. The minimum Gasteiger partial charge on any atom is -0.324 e. The van der Waals surface area contributed by atoms with Gasteiger partial charge in [0, 0.05) is 5.56 Å². The number of anilines is 1. The number of aliphatic imine (C=N–C) groups is 1.